The van der Waals surface area contributed by atoms with Crippen LogP contribution in [0.2, 0.25) is 0 Å². The second kappa shape index (κ2) is 9.39. The number of nitro groups is 1. The van der Waals surface area contributed by atoms with Crippen molar-refractivity contribution < 1.29 is 24.4 Å². The zero-order valence-electron chi connectivity index (χ0n) is 14.0. The molecule has 2 atom stereocenters. The van der Waals surface area contributed by atoms with E-state index in [1.807, 2.05) is 0 Å². The van der Waals surface area contributed by atoms with Gasteiger partial charge in [0, 0.05) is 37.1 Å². The maximum atomic E-state index is 12.3. The molecular weight excluding hydrogens is 362 g/mol. The molecule has 10 heteroatoms. The van der Waals surface area contributed by atoms with Crippen LogP contribution in [0.1, 0.15) is 18.4 Å². The van der Waals surface area contributed by atoms with Crippen LogP contribution in [0.3, 0.4) is 0 Å². The van der Waals surface area contributed by atoms with E-state index in [0.717, 1.165) is 0 Å². The quantitative estimate of drug-likeness (QED) is 0.281. The fraction of sp³-hybridized carbons (Fsp3) is 0.500. The van der Waals surface area contributed by atoms with E-state index < -0.39 is 17.1 Å². The minimum Gasteiger partial charge on any atom is -0.445 e. The van der Waals surface area contributed by atoms with Gasteiger partial charge in [0.25, 0.3) is 5.69 Å². The number of nitrogens with zero attached hydrogens (tertiary/aromatic N) is 2. The highest BCUT2D eigenvalue weighted by Crippen LogP contribution is 2.23. The lowest BCUT2D eigenvalue weighted by molar-refractivity contribution is -0.384. The van der Waals surface area contributed by atoms with E-state index in [1.54, 1.807) is 0 Å². The number of non-ortho nitro benzene ring substituents is 1. The number of likely N-dealkylation sites (tertiary alicyclic amines) is 1. The van der Waals surface area contributed by atoms with Gasteiger partial charge in [-0.2, -0.15) is 12.6 Å². The van der Waals surface area contributed by atoms with E-state index in [1.165, 1.54) is 29.2 Å². The summed E-state index contributed by atoms with van der Waals surface area (Å²) in [5.74, 6) is -0.303. The molecule has 9 nitrogen and oxygen atoms in total. The normalized spacial score (nSPS) is 19.2. The number of rotatable bonds is 7. The lowest BCUT2D eigenvalue weighted by atomic mass is 10.2. The van der Waals surface area contributed by atoms with Crippen molar-refractivity contribution in [3.63, 3.8) is 0 Å². The third-order valence-electron chi connectivity index (χ3n) is 3.96. The summed E-state index contributed by atoms with van der Waals surface area (Å²) in [5.41, 5.74) is 0.562. The van der Waals surface area contributed by atoms with E-state index in [4.69, 9.17) is 9.84 Å². The Balaban J connectivity index is 1.91. The minimum atomic E-state index is -0.666. The highest BCUT2D eigenvalue weighted by atomic mass is 32.1. The Kier molecular flexibility index (Phi) is 7.22. The third kappa shape index (κ3) is 5.33. The smallest absolute Gasteiger partial charge is 0.410 e. The summed E-state index contributed by atoms with van der Waals surface area (Å²) in [6.45, 7) is 0.541. The molecule has 1 heterocycles. The Labute approximate surface area is 155 Å². The zero-order chi connectivity index (χ0) is 19.1. The maximum Gasteiger partial charge on any atom is 0.410 e. The molecule has 0 aromatic heterocycles. The van der Waals surface area contributed by atoms with E-state index >= 15 is 0 Å². The molecule has 0 radical (unpaired) electrons. The molecular formula is C16H21N3O6S. The average Bonchev–Trinajstić information content (AvgIpc) is 3.02. The van der Waals surface area contributed by atoms with Crippen molar-refractivity contribution in [1.29, 1.82) is 0 Å². The molecule has 1 aliphatic heterocycles. The Bertz CT molecular complexity index is 654. The summed E-state index contributed by atoms with van der Waals surface area (Å²) < 4.78 is 5.23. The van der Waals surface area contributed by atoms with Crippen molar-refractivity contribution in [1.82, 2.24) is 10.2 Å². The molecule has 142 valence electrons. The molecule has 0 bridgehead atoms. The Morgan fingerprint density at radius 1 is 1.38 bits per heavy atom. The van der Waals surface area contributed by atoms with Crippen molar-refractivity contribution in [2.75, 3.05) is 19.7 Å². The molecule has 26 heavy (non-hydrogen) atoms. The van der Waals surface area contributed by atoms with Crippen LogP contribution < -0.4 is 5.32 Å². The Morgan fingerprint density at radius 3 is 2.69 bits per heavy atom. The number of hydrogen-bond donors (Lipinski definition) is 3. The summed E-state index contributed by atoms with van der Waals surface area (Å²) in [6, 6.07) is 5.02. The second-order valence-electron chi connectivity index (χ2n) is 5.90. The van der Waals surface area contributed by atoms with E-state index in [9.17, 15) is 19.7 Å². The van der Waals surface area contributed by atoms with Crippen molar-refractivity contribution in [3.8, 4) is 0 Å². The number of nitro benzene ring substituents is 1. The lowest BCUT2D eigenvalue weighted by Gasteiger charge is -2.23. The van der Waals surface area contributed by atoms with Gasteiger partial charge < -0.3 is 15.2 Å². The van der Waals surface area contributed by atoms with Crippen LogP contribution in [-0.4, -0.2) is 57.9 Å². The fourth-order valence-corrected chi connectivity index (χ4v) is 2.99. The predicted molar refractivity (Wildman–Crippen MR) is 95.9 cm³/mol. The first kappa shape index (κ1) is 20.0. The number of aliphatic hydroxyl groups is 1. The number of hydrogen-bond acceptors (Lipinski definition) is 7. The summed E-state index contributed by atoms with van der Waals surface area (Å²) in [5, 5.41) is 21.9. The molecule has 0 aliphatic carbocycles. The van der Waals surface area contributed by atoms with Crippen LogP contribution >= 0.6 is 12.6 Å². The second-order valence-corrected chi connectivity index (χ2v) is 6.63. The van der Waals surface area contributed by atoms with Crippen molar-refractivity contribution >= 4 is 30.3 Å². The average molecular weight is 383 g/mol. The van der Waals surface area contributed by atoms with E-state index in [-0.39, 0.29) is 30.1 Å². The van der Waals surface area contributed by atoms with Crippen LogP contribution in [0.5, 0.6) is 0 Å². The standard InChI is InChI=1S/C16H21N3O6S/c20-7-1-6-17-15(21)14-8-13(26)9-18(14)16(22)25-10-11-2-4-12(5-3-11)19(23)24/h2-5,13-14,20,26H,1,6-10H2,(H,17,21)/t13-,14-/m0/s1. The Morgan fingerprint density at radius 2 is 2.08 bits per heavy atom. The van der Waals surface area contributed by atoms with Crippen LogP contribution in [0.25, 0.3) is 0 Å². The van der Waals surface area contributed by atoms with Gasteiger partial charge in [0.2, 0.25) is 5.91 Å². The first-order valence-electron chi connectivity index (χ1n) is 8.15. The van der Waals surface area contributed by atoms with Crippen molar-refractivity contribution in [2.45, 2.75) is 30.7 Å². The Hall–Kier alpha value is -2.33. The topological polar surface area (TPSA) is 122 Å². The molecule has 1 saturated heterocycles. The third-order valence-corrected chi connectivity index (χ3v) is 4.33. The van der Waals surface area contributed by atoms with Gasteiger partial charge >= 0.3 is 6.09 Å². The molecule has 1 aromatic carbocycles. The van der Waals surface area contributed by atoms with Gasteiger partial charge in [-0.05, 0) is 30.5 Å². The van der Waals surface area contributed by atoms with Gasteiger partial charge in [-0.3, -0.25) is 19.8 Å². The monoisotopic (exact) mass is 383 g/mol. The van der Waals surface area contributed by atoms with Gasteiger partial charge in [0.1, 0.15) is 12.6 Å². The minimum absolute atomic E-state index is 0.0267. The first-order chi connectivity index (χ1) is 12.4. The molecule has 0 spiro atoms. The molecule has 0 saturated carbocycles. The van der Waals surface area contributed by atoms with E-state index in [2.05, 4.69) is 17.9 Å². The van der Waals surface area contributed by atoms with Gasteiger partial charge in [0.15, 0.2) is 0 Å². The number of benzene rings is 1. The molecule has 0 unspecified atom stereocenters. The number of amides is 2. The largest absolute Gasteiger partial charge is 0.445 e. The summed E-state index contributed by atoms with van der Waals surface area (Å²) >= 11 is 4.34. The number of thiol groups is 1. The molecule has 2 rings (SSSR count). The molecule has 1 fully saturated rings. The SMILES string of the molecule is O=C(NCCCO)[C@@H]1C[C@H](S)CN1C(=O)OCc1ccc([N+](=O)[O-])cc1. The summed E-state index contributed by atoms with van der Waals surface area (Å²) in [4.78, 5) is 36.0. The van der Waals surface area contributed by atoms with Crippen molar-refractivity contribution in [2.24, 2.45) is 0 Å². The van der Waals surface area contributed by atoms with Gasteiger partial charge in [-0.15, -0.1) is 0 Å². The van der Waals surface area contributed by atoms with E-state index in [0.29, 0.717) is 31.5 Å². The summed E-state index contributed by atoms with van der Waals surface area (Å²) in [6.07, 6.45) is 0.218. The number of ether oxygens (including phenoxy) is 1. The zero-order valence-corrected chi connectivity index (χ0v) is 14.9. The van der Waals surface area contributed by atoms with Gasteiger partial charge in [-0.25, -0.2) is 4.79 Å². The molecule has 2 amide bonds. The number of nitrogens with one attached hydrogen (secondary N) is 1. The fourth-order valence-electron chi connectivity index (χ4n) is 2.61. The molecule has 1 aliphatic rings. The summed E-state index contributed by atoms with van der Waals surface area (Å²) in [7, 11) is 0. The number of aliphatic hydroxyl groups excluding tert-OH is 1. The van der Waals surface area contributed by atoms with Gasteiger partial charge in [0.05, 0.1) is 4.92 Å². The maximum absolute atomic E-state index is 12.3. The lowest BCUT2D eigenvalue weighted by Crippen LogP contribution is -2.46. The first-order valence-corrected chi connectivity index (χ1v) is 8.67. The van der Waals surface area contributed by atoms with Crippen LogP contribution in [0, 0.1) is 10.1 Å². The predicted octanol–water partition coefficient (Wildman–Crippen LogP) is 1.10. The van der Waals surface area contributed by atoms with Gasteiger partial charge in [-0.1, -0.05) is 0 Å². The van der Waals surface area contributed by atoms with Crippen molar-refractivity contribution in [3.05, 3.63) is 39.9 Å². The van der Waals surface area contributed by atoms with Crippen LogP contribution in [0.4, 0.5) is 10.5 Å². The number of carbonyl (C=O) groups is 2. The molecule has 1 aromatic rings. The highest BCUT2D eigenvalue weighted by Gasteiger charge is 2.39. The van der Waals surface area contributed by atoms with Crippen LogP contribution in [0.15, 0.2) is 24.3 Å². The van der Waals surface area contributed by atoms with Crippen LogP contribution in [-0.2, 0) is 16.1 Å². The molecule has 2 N–H and O–H groups in total. The highest BCUT2D eigenvalue weighted by molar-refractivity contribution is 7.81. The number of carbonyl (C=O) groups excluding carboxylic acids is 2.